The van der Waals surface area contributed by atoms with E-state index in [-0.39, 0.29) is 46.8 Å². The topological polar surface area (TPSA) is 175 Å². The number of fused-ring (bicyclic) bond motifs is 1. The second-order valence-electron chi connectivity index (χ2n) is 13.3. The lowest BCUT2D eigenvalue weighted by molar-refractivity contribution is -0.152. The number of rotatable bonds is 15. The first kappa shape index (κ1) is 41.3. The van der Waals surface area contributed by atoms with Crippen LogP contribution in [-0.2, 0) is 39.1 Å². The van der Waals surface area contributed by atoms with Crippen molar-refractivity contribution in [3.8, 4) is 0 Å². The molecular weight excluding hydrogens is 801 g/mol. The van der Waals surface area contributed by atoms with Crippen molar-refractivity contribution in [3.63, 3.8) is 0 Å². The Balaban J connectivity index is 1.21. The van der Waals surface area contributed by atoms with Crippen LogP contribution in [0.1, 0.15) is 41.8 Å². The maximum Gasteiger partial charge on any atom is 0.355 e. The zero-order valence-corrected chi connectivity index (χ0v) is 34.2. The number of ether oxygens (including phenoxy) is 2. The molecule has 0 aliphatic carbocycles. The van der Waals surface area contributed by atoms with E-state index in [2.05, 4.69) is 20.4 Å². The Morgan fingerprint density at radius 2 is 1.58 bits per heavy atom. The molecule has 2 aliphatic rings. The van der Waals surface area contributed by atoms with Crippen molar-refractivity contribution < 1.29 is 33.5 Å². The third-order valence-electron chi connectivity index (χ3n) is 9.68. The number of carbonyl (C=O) groups is 4. The van der Waals surface area contributed by atoms with Crippen molar-refractivity contribution >= 4 is 63.8 Å². The number of carbonyl (C=O) groups excluding carboxylic acids is 4. The van der Waals surface area contributed by atoms with Gasteiger partial charge in [0.1, 0.15) is 29.4 Å². The molecule has 1 fully saturated rings. The van der Waals surface area contributed by atoms with E-state index in [1.54, 1.807) is 49.8 Å². The molecule has 0 bridgehead atoms. The summed E-state index contributed by atoms with van der Waals surface area (Å²) in [4.78, 5) is 71.3. The summed E-state index contributed by atoms with van der Waals surface area (Å²) in [5.74, 6) is -2.45. The van der Waals surface area contributed by atoms with Crippen LogP contribution in [0.5, 0.6) is 0 Å². The number of nitrogens with one attached hydrogen (secondary N) is 1. The SMILES string of the molecule is C/C=C(\COC(=O)C1=C(/C=C\c2cccnc2)CS[C@H]2[C@H](NC(=O)C(=NOC(c3ccccc3)(c3ccccc3)c3ccccc3)c3csc(N)n3)C(=O)N12)C(=O)OCC. The van der Waals surface area contributed by atoms with Gasteiger partial charge in [0.25, 0.3) is 11.8 Å². The van der Waals surface area contributed by atoms with Crippen LogP contribution in [0.15, 0.2) is 155 Å². The van der Waals surface area contributed by atoms with Crippen molar-refractivity contribution in [2.75, 3.05) is 24.7 Å². The second-order valence-corrected chi connectivity index (χ2v) is 15.3. The Morgan fingerprint density at radius 1 is 0.933 bits per heavy atom. The summed E-state index contributed by atoms with van der Waals surface area (Å²) >= 11 is 2.48. The van der Waals surface area contributed by atoms with E-state index < -0.39 is 40.8 Å². The minimum atomic E-state index is -1.32. The van der Waals surface area contributed by atoms with E-state index in [0.29, 0.717) is 5.57 Å². The summed E-state index contributed by atoms with van der Waals surface area (Å²) in [5, 5.41) is 8.49. The number of thiazole rings is 1. The molecule has 0 saturated carbocycles. The normalized spacial score (nSPS) is 16.8. The number of allylic oxidation sites excluding steroid dienone is 2. The Morgan fingerprint density at radius 3 is 2.13 bits per heavy atom. The van der Waals surface area contributed by atoms with Gasteiger partial charge in [0.2, 0.25) is 5.60 Å². The van der Waals surface area contributed by atoms with Crippen molar-refractivity contribution in [1.82, 2.24) is 20.2 Å². The van der Waals surface area contributed by atoms with Crippen molar-refractivity contribution in [1.29, 1.82) is 0 Å². The molecule has 3 N–H and O–H groups in total. The molecule has 0 spiro atoms. The average molecular weight is 841 g/mol. The zero-order chi connectivity index (χ0) is 42.1. The van der Waals surface area contributed by atoms with Crippen LogP contribution >= 0.6 is 23.1 Å². The van der Waals surface area contributed by atoms with Crippen LogP contribution in [-0.4, -0.2) is 74.7 Å². The van der Waals surface area contributed by atoms with Crippen LogP contribution in [0.3, 0.4) is 0 Å². The molecule has 7 rings (SSSR count). The minimum absolute atomic E-state index is 0.00318. The van der Waals surface area contributed by atoms with E-state index in [1.807, 2.05) is 97.1 Å². The largest absolute Gasteiger partial charge is 0.463 e. The number of nitrogens with zero attached hydrogens (tertiary/aromatic N) is 4. The number of nitrogens with two attached hydrogens (primary N) is 1. The van der Waals surface area contributed by atoms with E-state index in [9.17, 15) is 19.2 Å². The first-order chi connectivity index (χ1) is 29.2. The molecule has 13 nitrogen and oxygen atoms in total. The van der Waals surface area contributed by atoms with Gasteiger partial charge in [0, 0.05) is 40.2 Å². The van der Waals surface area contributed by atoms with Crippen molar-refractivity contribution in [3.05, 3.63) is 178 Å². The van der Waals surface area contributed by atoms with Gasteiger partial charge in [-0.1, -0.05) is 120 Å². The van der Waals surface area contributed by atoms with Gasteiger partial charge >= 0.3 is 11.9 Å². The summed E-state index contributed by atoms with van der Waals surface area (Å²) in [7, 11) is 0. The van der Waals surface area contributed by atoms with E-state index >= 15 is 0 Å². The lowest BCUT2D eigenvalue weighted by Gasteiger charge is -2.49. The summed E-state index contributed by atoms with van der Waals surface area (Å²) < 4.78 is 10.7. The van der Waals surface area contributed by atoms with Gasteiger partial charge in [-0.25, -0.2) is 14.6 Å². The molecule has 2 aliphatic heterocycles. The molecule has 2 aromatic heterocycles. The highest BCUT2D eigenvalue weighted by Gasteiger charge is 2.54. The fourth-order valence-electron chi connectivity index (χ4n) is 6.73. The summed E-state index contributed by atoms with van der Waals surface area (Å²) in [5.41, 5.74) is 8.32. The lowest BCUT2D eigenvalue weighted by Crippen LogP contribution is -2.71. The quantitative estimate of drug-likeness (QED) is 0.0304. The maximum absolute atomic E-state index is 14.4. The summed E-state index contributed by atoms with van der Waals surface area (Å²) in [6.07, 6.45) is 8.32. The predicted molar refractivity (Wildman–Crippen MR) is 230 cm³/mol. The highest BCUT2D eigenvalue weighted by Crippen LogP contribution is 2.43. The van der Waals surface area contributed by atoms with Crippen LogP contribution in [0, 0.1) is 0 Å². The molecule has 15 heteroatoms. The Bertz CT molecular complexity index is 2380. The number of esters is 2. The van der Waals surface area contributed by atoms with Crippen LogP contribution in [0.25, 0.3) is 6.08 Å². The van der Waals surface area contributed by atoms with Gasteiger partial charge in [0.05, 0.1) is 12.2 Å². The number of pyridine rings is 1. The van der Waals surface area contributed by atoms with Gasteiger partial charge in [-0.15, -0.1) is 23.1 Å². The molecule has 4 heterocycles. The smallest absolute Gasteiger partial charge is 0.355 e. The van der Waals surface area contributed by atoms with E-state index in [0.717, 1.165) is 33.6 Å². The predicted octanol–water partition coefficient (Wildman–Crippen LogP) is 6.25. The van der Waals surface area contributed by atoms with Gasteiger partial charge in [-0.05, 0) is 31.1 Å². The Kier molecular flexibility index (Phi) is 13.0. The molecule has 2 atom stereocenters. The summed E-state index contributed by atoms with van der Waals surface area (Å²) in [6.45, 7) is 3.09. The second kappa shape index (κ2) is 18.8. The first-order valence-electron chi connectivity index (χ1n) is 19.0. The standard InChI is InChI=1S/C45H40N6O7S2/c1-3-30(42(54)56-4-2)26-57-43(55)38-31(23-22-29-15-14-24-47-25-29)27-59-41-37(40(53)51(38)41)49-39(52)36(35-28-60-44(46)48-35)50-58-45(32-16-8-5-9-17-32,33-18-10-6-11-19-33)34-20-12-7-13-21-34/h3,5-25,28,37,41H,4,26-27H2,1-2H3,(H2,46,48)(H,49,52)/b23-22-,30-3+,50-36?/t37-,41+/m1/s1. The number of amides is 2. The number of nitrogen functional groups attached to an aromatic ring is 1. The van der Waals surface area contributed by atoms with Crippen LogP contribution in [0.4, 0.5) is 5.13 Å². The molecule has 304 valence electrons. The number of β-lactam (4-membered cyclic amide) rings is 1. The molecule has 0 unspecified atom stereocenters. The molecule has 1 saturated heterocycles. The number of aromatic nitrogens is 2. The van der Waals surface area contributed by atoms with Gasteiger partial charge < -0.3 is 25.4 Å². The molecule has 60 heavy (non-hydrogen) atoms. The first-order valence-corrected chi connectivity index (χ1v) is 20.9. The maximum atomic E-state index is 14.4. The highest BCUT2D eigenvalue weighted by molar-refractivity contribution is 8.00. The third-order valence-corrected chi connectivity index (χ3v) is 11.7. The van der Waals surface area contributed by atoms with E-state index in [1.165, 1.54) is 22.7 Å². The van der Waals surface area contributed by atoms with Crippen LogP contribution < -0.4 is 11.1 Å². The van der Waals surface area contributed by atoms with Crippen molar-refractivity contribution in [2.45, 2.75) is 30.9 Å². The van der Waals surface area contributed by atoms with Gasteiger partial charge in [-0.3, -0.25) is 19.5 Å². The molecule has 3 aromatic carbocycles. The lowest BCUT2D eigenvalue weighted by atomic mass is 9.80. The monoisotopic (exact) mass is 840 g/mol. The fraction of sp³-hybridized carbons (Fsp3) is 0.178. The highest BCUT2D eigenvalue weighted by atomic mass is 32.2. The Labute approximate surface area is 354 Å². The molecule has 5 aromatic rings. The summed E-state index contributed by atoms with van der Waals surface area (Å²) in [6, 6.07) is 31.2. The number of thioether (sulfide) groups is 1. The van der Waals surface area contributed by atoms with Gasteiger partial charge in [-0.2, -0.15) is 0 Å². The number of hydrogen-bond donors (Lipinski definition) is 2. The number of hydrogen-bond acceptors (Lipinski definition) is 13. The number of anilines is 1. The van der Waals surface area contributed by atoms with Gasteiger partial charge in [0.15, 0.2) is 10.8 Å². The third kappa shape index (κ3) is 8.63. The average Bonchev–Trinajstić information content (AvgIpc) is 3.72. The van der Waals surface area contributed by atoms with E-state index in [4.69, 9.17) is 20.0 Å². The molecular formula is C45H40N6O7S2. The Hall–Kier alpha value is -6.84. The van der Waals surface area contributed by atoms with Crippen LogP contribution in [0.2, 0.25) is 0 Å². The number of benzene rings is 3. The molecule has 0 radical (unpaired) electrons. The molecule has 2 amide bonds. The number of oxime groups is 1. The zero-order valence-electron chi connectivity index (χ0n) is 32.6. The minimum Gasteiger partial charge on any atom is -0.463 e. The van der Waals surface area contributed by atoms with Crippen molar-refractivity contribution in [2.24, 2.45) is 5.16 Å². The fourth-order valence-corrected chi connectivity index (χ4v) is 8.59.